The van der Waals surface area contributed by atoms with Crippen molar-refractivity contribution in [3.8, 4) is 0 Å². The van der Waals surface area contributed by atoms with Crippen LogP contribution in [0.15, 0.2) is 53.4 Å². The van der Waals surface area contributed by atoms with E-state index in [1.165, 1.54) is 12.1 Å². The number of rotatable bonds is 8. The molecule has 0 heterocycles. The minimum Gasteiger partial charge on any atom is -0.352 e. The van der Waals surface area contributed by atoms with E-state index in [0.29, 0.717) is 17.8 Å². The molecule has 2 aromatic rings. The molecule has 1 amide bonds. The number of amides is 1. The second kappa shape index (κ2) is 10.2. The Balaban J connectivity index is 0.00000338. The van der Waals surface area contributed by atoms with Gasteiger partial charge in [0.1, 0.15) is 0 Å². The summed E-state index contributed by atoms with van der Waals surface area (Å²) in [7, 11) is -1.91. The summed E-state index contributed by atoms with van der Waals surface area (Å²) in [5.74, 6) is -0.288. The lowest BCUT2D eigenvalue weighted by Crippen LogP contribution is -2.26. The van der Waals surface area contributed by atoms with Crippen molar-refractivity contribution in [2.24, 2.45) is 0 Å². The van der Waals surface area contributed by atoms with Gasteiger partial charge < -0.3 is 10.6 Å². The monoisotopic (exact) mass is 397 g/mol. The number of hydrogen-bond donors (Lipinski definition) is 3. The summed E-state index contributed by atoms with van der Waals surface area (Å²) >= 11 is 0. The van der Waals surface area contributed by atoms with Gasteiger partial charge >= 0.3 is 0 Å². The quantitative estimate of drug-likeness (QED) is 0.597. The van der Waals surface area contributed by atoms with Crippen LogP contribution in [-0.4, -0.2) is 34.5 Å². The third-order valence-corrected chi connectivity index (χ3v) is 4.98. The van der Waals surface area contributed by atoms with E-state index < -0.39 is 10.0 Å². The Bertz CT molecular complexity index is 824. The zero-order valence-electron chi connectivity index (χ0n) is 14.8. The van der Waals surface area contributed by atoms with Gasteiger partial charge in [0.15, 0.2) is 0 Å². The highest BCUT2D eigenvalue weighted by Gasteiger charge is 2.16. The molecule has 0 aliphatic carbocycles. The largest absolute Gasteiger partial charge is 0.352 e. The molecule has 0 spiro atoms. The van der Waals surface area contributed by atoms with Crippen molar-refractivity contribution in [2.45, 2.75) is 18.2 Å². The molecule has 8 heteroatoms. The minimum atomic E-state index is -3.75. The molecule has 0 atom stereocenters. The second-order valence-electron chi connectivity index (χ2n) is 5.71. The summed E-state index contributed by atoms with van der Waals surface area (Å²) in [6, 6.07) is 13.1. The first kappa shape index (κ1) is 22.0. The van der Waals surface area contributed by atoms with Crippen LogP contribution in [0.25, 0.3) is 0 Å². The number of carbonyl (C=O) groups excluding carboxylic acids is 1. The van der Waals surface area contributed by atoms with Gasteiger partial charge in [-0.15, -0.1) is 12.4 Å². The predicted molar refractivity (Wildman–Crippen MR) is 107 cm³/mol. The predicted octanol–water partition coefficient (Wildman–Crippen LogP) is 2.56. The third-order valence-electron chi connectivity index (χ3n) is 3.60. The number of benzene rings is 2. The molecule has 0 unspecified atom stereocenters. The van der Waals surface area contributed by atoms with E-state index in [2.05, 4.69) is 15.4 Å². The molecule has 3 N–H and O–H groups in total. The molecule has 0 aromatic heterocycles. The third kappa shape index (κ3) is 6.33. The Morgan fingerprint density at radius 2 is 1.73 bits per heavy atom. The summed E-state index contributed by atoms with van der Waals surface area (Å²) in [5, 5.41) is 5.77. The van der Waals surface area contributed by atoms with Gasteiger partial charge in [-0.1, -0.05) is 23.8 Å². The number of sulfonamides is 1. The maximum atomic E-state index is 12.5. The summed E-state index contributed by atoms with van der Waals surface area (Å²) in [6.45, 7) is 3.25. The molecule has 2 rings (SSSR count). The lowest BCUT2D eigenvalue weighted by atomic mass is 10.2. The van der Waals surface area contributed by atoms with Gasteiger partial charge in [0, 0.05) is 17.8 Å². The Morgan fingerprint density at radius 3 is 2.38 bits per heavy atom. The van der Waals surface area contributed by atoms with E-state index in [4.69, 9.17) is 0 Å². The fraction of sp³-hybridized carbons (Fsp3) is 0.278. The van der Waals surface area contributed by atoms with Crippen molar-refractivity contribution in [1.82, 2.24) is 10.6 Å². The van der Waals surface area contributed by atoms with Crippen molar-refractivity contribution in [1.29, 1.82) is 0 Å². The number of nitrogens with one attached hydrogen (secondary N) is 3. The van der Waals surface area contributed by atoms with Gasteiger partial charge in [-0.2, -0.15) is 0 Å². The molecule has 0 bridgehead atoms. The molecule has 0 aliphatic rings. The highest BCUT2D eigenvalue weighted by Crippen LogP contribution is 2.17. The molecule has 6 nitrogen and oxygen atoms in total. The molecule has 0 fully saturated rings. The lowest BCUT2D eigenvalue weighted by molar-refractivity contribution is 0.0953. The Morgan fingerprint density at radius 1 is 1.04 bits per heavy atom. The van der Waals surface area contributed by atoms with Gasteiger partial charge in [0.05, 0.1) is 4.90 Å². The molecule has 2 aromatic carbocycles. The molecule has 0 saturated heterocycles. The van der Waals surface area contributed by atoms with Crippen LogP contribution in [0.4, 0.5) is 5.69 Å². The van der Waals surface area contributed by atoms with E-state index in [9.17, 15) is 13.2 Å². The van der Waals surface area contributed by atoms with Crippen LogP contribution in [0.1, 0.15) is 22.3 Å². The van der Waals surface area contributed by atoms with E-state index >= 15 is 0 Å². The average molecular weight is 398 g/mol. The Hall–Kier alpha value is -2.09. The molecule has 142 valence electrons. The number of hydrogen-bond acceptors (Lipinski definition) is 4. The van der Waals surface area contributed by atoms with Crippen LogP contribution in [0.5, 0.6) is 0 Å². The van der Waals surface area contributed by atoms with Gasteiger partial charge in [0.25, 0.3) is 15.9 Å². The molecule has 0 saturated carbocycles. The molecule has 0 radical (unpaired) electrons. The SMILES string of the molecule is CNCCCNC(=O)c1cccc(S(=O)(=O)Nc2ccc(C)cc2)c1.Cl. The highest BCUT2D eigenvalue weighted by molar-refractivity contribution is 7.92. The minimum absolute atomic E-state index is 0. The van der Waals surface area contributed by atoms with E-state index in [-0.39, 0.29) is 23.2 Å². The first-order valence-corrected chi connectivity index (χ1v) is 9.53. The average Bonchev–Trinajstić information content (AvgIpc) is 2.60. The molecular formula is C18H24ClN3O3S. The van der Waals surface area contributed by atoms with Crippen LogP contribution in [0, 0.1) is 6.92 Å². The maximum Gasteiger partial charge on any atom is 0.261 e. The van der Waals surface area contributed by atoms with Gasteiger partial charge in [0.2, 0.25) is 0 Å². The standard InChI is InChI=1S/C18H23N3O3S.ClH/c1-14-7-9-16(10-8-14)21-25(23,24)17-6-3-5-15(13-17)18(22)20-12-4-11-19-2;/h3,5-10,13,19,21H,4,11-12H2,1-2H3,(H,20,22);1H. The summed E-state index contributed by atoms with van der Waals surface area (Å²) in [5.41, 5.74) is 1.84. The topological polar surface area (TPSA) is 87.3 Å². The summed E-state index contributed by atoms with van der Waals surface area (Å²) in [6.07, 6.45) is 0.801. The van der Waals surface area contributed by atoms with Crippen molar-refractivity contribution in [3.63, 3.8) is 0 Å². The first-order valence-electron chi connectivity index (χ1n) is 8.05. The second-order valence-corrected chi connectivity index (χ2v) is 7.39. The summed E-state index contributed by atoms with van der Waals surface area (Å²) < 4.78 is 27.5. The van der Waals surface area contributed by atoms with E-state index in [1.54, 1.807) is 24.3 Å². The fourth-order valence-corrected chi connectivity index (χ4v) is 3.31. The van der Waals surface area contributed by atoms with Crippen molar-refractivity contribution < 1.29 is 13.2 Å². The van der Waals surface area contributed by atoms with Crippen LogP contribution in [-0.2, 0) is 10.0 Å². The van der Waals surface area contributed by atoms with Gasteiger partial charge in [-0.05, 0) is 57.3 Å². The maximum absolute atomic E-state index is 12.5. The van der Waals surface area contributed by atoms with Gasteiger partial charge in [-0.25, -0.2) is 8.42 Å². The first-order chi connectivity index (χ1) is 11.9. The highest BCUT2D eigenvalue weighted by atomic mass is 35.5. The van der Waals surface area contributed by atoms with Crippen LogP contribution < -0.4 is 15.4 Å². The van der Waals surface area contributed by atoms with Crippen molar-refractivity contribution >= 4 is 34.0 Å². The molecular weight excluding hydrogens is 374 g/mol. The number of aryl methyl sites for hydroxylation is 1. The number of halogens is 1. The molecule has 26 heavy (non-hydrogen) atoms. The number of anilines is 1. The Kier molecular flexibility index (Phi) is 8.57. The normalized spacial score (nSPS) is 10.7. The number of carbonyl (C=O) groups is 1. The van der Waals surface area contributed by atoms with Crippen LogP contribution >= 0.6 is 12.4 Å². The van der Waals surface area contributed by atoms with E-state index in [0.717, 1.165) is 18.5 Å². The smallest absolute Gasteiger partial charge is 0.261 e. The van der Waals surface area contributed by atoms with Gasteiger partial charge in [-0.3, -0.25) is 9.52 Å². The lowest BCUT2D eigenvalue weighted by Gasteiger charge is -2.10. The van der Waals surface area contributed by atoms with Crippen LogP contribution in [0.3, 0.4) is 0 Å². The summed E-state index contributed by atoms with van der Waals surface area (Å²) in [4.78, 5) is 12.2. The Labute approximate surface area is 160 Å². The van der Waals surface area contributed by atoms with Crippen LogP contribution in [0.2, 0.25) is 0 Å². The zero-order chi connectivity index (χ0) is 18.3. The van der Waals surface area contributed by atoms with Crippen molar-refractivity contribution in [2.75, 3.05) is 24.9 Å². The zero-order valence-corrected chi connectivity index (χ0v) is 16.4. The molecule has 0 aliphatic heterocycles. The van der Waals surface area contributed by atoms with E-state index in [1.807, 2.05) is 26.1 Å². The van der Waals surface area contributed by atoms with Crippen molar-refractivity contribution in [3.05, 3.63) is 59.7 Å². The fourth-order valence-electron chi connectivity index (χ4n) is 2.21.